The number of piperazine rings is 1. The molecule has 0 N–H and O–H groups in total. The number of carbonyl (C=O) groups excluding carboxylic acids is 1. The molecule has 0 bridgehead atoms. The number of benzene rings is 3. The highest BCUT2D eigenvalue weighted by atomic mass is 16.2. The van der Waals surface area contributed by atoms with Crippen LogP contribution >= 0.6 is 0 Å². The van der Waals surface area contributed by atoms with E-state index in [4.69, 9.17) is 0 Å². The zero-order valence-corrected chi connectivity index (χ0v) is 20.5. The Balaban J connectivity index is 1.32. The molecule has 0 radical (unpaired) electrons. The van der Waals surface area contributed by atoms with E-state index in [1.165, 1.54) is 9.13 Å². The van der Waals surface area contributed by atoms with Gasteiger partial charge in [0.15, 0.2) is 0 Å². The molecule has 36 heavy (non-hydrogen) atoms. The van der Waals surface area contributed by atoms with Gasteiger partial charge in [-0.15, -0.1) is 0 Å². The smallest absolute Gasteiger partial charge is 0.317 e. The summed E-state index contributed by atoms with van der Waals surface area (Å²) in [6, 6.07) is 25.5. The van der Waals surface area contributed by atoms with Crippen LogP contribution in [-0.2, 0) is 17.9 Å². The standard InChI is InChI=1S/C29H30N4O3/c1-22-11-13-23(14-12-22)21-33-26-10-6-5-9-25(26)32(28(35)29(33)36)16-15-27(34)31-19-17-30(18-20-31)24-7-3-2-4-8-24/h2-14H,15-21H2,1H3. The summed E-state index contributed by atoms with van der Waals surface area (Å²) in [5, 5.41) is 0. The summed E-state index contributed by atoms with van der Waals surface area (Å²) in [6.07, 6.45) is 0.177. The Morgan fingerprint density at radius 2 is 1.31 bits per heavy atom. The summed E-state index contributed by atoms with van der Waals surface area (Å²) in [4.78, 5) is 43.4. The van der Waals surface area contributed by atoms with Gasteiger partial charge in [-0.3, -0.25) is 19.0 Å². The van der Waals surface area contributed by atoms with Gasteiger partial charge in [0.25, 0.3) is 0 Å². The summed E-state index contributed by atoms with van der Waals surface area (Å²) in [7, 11) is 0. The maximum atomic E-state index is 13.1. The molecule has 4 aromatic rings. The molecule has 2 heterocycles. The number of amides is 1. The van der Waals surface area contributed by atoms with Crippen molar-refractivity contribution in [1.82, 2.24) is 14.0 Å². The highest BCUT2D eigenvalue weighted by molar-refractivity contribution is 5.78. The molecule has 1 amide bonds. The summed E-state index contributed by atoms with van der Waals surface area (Å²) in [5.74, 6) is 0.00234. The van der Waals surface area contributed by atoms with Gasteiger partial charge in [0, 0.05) is 44.8 Å². The SMILES string of the molecule is Cc1ccc(Cn2c(=O)c(=O)n(CCC(=O)N3CCN(c4ccccc4)CC3)c3ccccc32)cc1. The van der Waals surface area contributed by atoms with Crippen LogP contribution in [0.1, 0.15) is 17.5 Å². The van der Waals surface area contributed by atoms with Crippen molar-refractivity contribution in [2.75, 3.05) is 31.1 Å². The van der Waals surface area contributed by atoms with Gasteiger partial charge in [-0.1, -0.05) is 60.2 Å². The summed E-state index contributed by atoms with van der Waals surface area (Å²) in [5.41, 5.74) is 3.43. The predicted octanol–water partition coefficient (Wildman–Crippen LogP) is 3.26. The molecule has 1 saturated heterocycles. The Morgan fingerprint density at radius 1 is 0.722 bits per heavy atom. The summed E-state index contributed by atoms with van der Waals surface area (Å²) >= 11 is 0. The number of para-hydroxylation sites is 3. The molecule has 3 aromatic carbocycles. The van der Waals surface area contributed by atoms with E-state index in [1.54, 1.807) is 0 Å². The van der Waals surface area contributed by atoms with E-state index in [2.05, 4.69) is 17.0 Å². The maximum absolute atomic E-state index is 13.1. The highest BCUT2D eigenvalue weighted by Gasteiger charge is 2.22. The highest BCUT2D eigenvalue weighted by Crippen LogP contribution is 2.17. The number of hydrogen-bond donors (Lipinski definition) is 0. The van der Waals surface area contributed by atoms with E-state index >= 15 is 0 Å². The molecular formula is C29H30N4O3. The van der Waals surface area contributed by atoms with Crippen molar-refractivity contribution in [2.24, 2.45) is 0 Å². The monoisotopic (exact) mass is 482 g/mol. The Hall–Kier alpha value is -4.13. The first-order chi connectivity index (χ1) is 17.5. The van der Waals surface area contributed by atoms with Gasteiger partial charge in [-0.25, -0.2) is 0 Å². The number of fused-ring (bicyclic) bond motifs is 1. The minimum Gasteiger partial charge on any atom is -0.368 e. The van der Waals surface area contributed by atoms with Crippen LogP contribution in [0.25, 0.3) is 11.0 Å². The van der Waals surface area contributed by atoms with Crippen LogP contribution in [0, 0.1) is 6.92 Å². The topological polar surface area (TPSA) is 67.5 Å². The number of nitrogens with zero attached hydrogens (tertiary/aromatic N) is 4. The third-order valence-electron chi connectivity index (χ3n) is 6.90. The van der Waals surface area contributed by atoms with Crippen LogP contribution in [0.3, 0.4) is 0 Å². The molecule has 0 unspecified atom stereocenters. The van der Waals surface area contributed by atoms with Crippen molar-refractivity contribution in [1.29, 1.82) is 0 Å². The van der Waals surface area contributed by atoms with E-state index in [-0.39, 0.29) is 18.9 Å². The van der Waals surface area contributed by atoms with E-state index in [0.29, 0.717) is 30.7 Å². The van der Waals surface area contributed by atoms with Crippen molar-refractivity contribution in [3.05, 3.63) is 111 Å². The second-order valence-corrected chi connectivity index (χ2v) is 9.28. The Labute approximate surface area is 209 Å². The fraction of sp³-hybridized carbons (Fsp3) is 0.276. The minimum atomic E-state index is -0.595. The Morgan fingerprint density at radius 3 is 1.97 bits per heavy atom. The maximum Gasteiger partial charge on any atom is 0.317 e. The number of rotatable bonds is 6. The van der Waals surface area contributed by atoms with Crippen molar-refractivity contribution in [3.63, 3.8) is 0 Å². The van der Waals surface area contributed by atoms with Crippen molar-refractivity contribution >= 4 is 22.6 Å². The second-order valence-electron chi connectivity index (χ2n) is 9.28. The Kier molecular flexibility index (Phi) is 6.71. The summed E-state index contributed by atoms with van der Waals surface area (Å²) in [6.45, 7) is 5.33. The van der Waals surface area contributed by atoms with E-state index < -0.39 is 11.1 Å². The molecule has 1 aliphatic heterocycles. The fourth-order valence-electron chi connectivity index (χ4n) is 4.84. The zero-order valence-electron chi connectivity index (χ0n) is 20.5. The summed E-state index contributed by atoms with van der Waals surface area (Å²) < 4.78 is 2.99. The van der Waals surface area contributed by atoms with Gasteiger partial charge >= 0.3 is 11.1 Å². The number of hydrogen-bond acceptors (Lipinski definition) is 4. The molecule has 0 spiro atoms. The molecular weight excluding hydrogens is 452 g/mol. The molecule has 1 fully saturated rings. The van der Waals surface area contributed by atoms with Gasteiger partial charge in [0.1, 0.15) is 0 Å². The van der Waals surface area contributed by atoms with Crippen molar-refractivity contribution < 1.29 is 4.79 Å². The number of aryl methyl sites for hydroxylation is 2. The number of anilines is 1. The van der Waals surface area contributed by atoms with Crippen molar-refractivity contribution in [2.45, 2.75) is 26.4 Å². The van der Waals surface area contributed by atoms with Gasteiger partial charge in [-0.2, -0.15) is 0 Å². The van der Waals surface area contributed by atoms with Crippen LogP contribution in [0.2, 0.25) is 0 Å². The van der Waals surface area contributed by atoms with Gasteiger partial charge in [0.05, 0.1) is 17.6 Å². The van der Waals surface area contributed by atoms with Crippen LogP contribution in [0.4, 0.5) is 5.69 Å². The quantitative estimate of drug-likeness (QED) is 0.396. The average Bonchev–Trinajstić information content (AvgIpc) is 2.92. The molecule has 0 atom stereocenters. The third kappa shape index (κ3) is 4.82. The predicted molar refractivity (Wildman–Crippen MR) is 143 cm³/mol. The van der Waals surface area contributed by atoms with Crippen molar-refractivity contribution in [3.8, 4) is 0 Å². The van der Waals surface area contributed by atoms with Gasteiger partial charge in [0.2, 0.25) is 5.91 Å². The lowest BCUT2D eigenvalue weighted by Crippen LogP contribution is -2.49. The van der Waals surface area contributed by atoms with Crippen LogP contribution in [-0.4, -0.2) is 46.1 Å². The van der Waals surface area contributed by atoms with Crippen LogP contribution in [0.15, 0.2) is 88.5 Å². The number of aromatic nitrogens is 2. The molecule has 1 aliphatic rings. The first-order valence-corrected chi connectivity index (χ1v) is 12.4. The van der Waals surface area contributed by atoms with Gasteiger partial charge < -0.3 is 14.4 Å². The first kappa shape index (κ1) is 23.6. The molecule has 7 heteroatoms. The Bertz CT molecular complexity index is 1480. The molecule has 1 aromatic heterocycles. The van der Waals surface area contributed by atoms with Crippen LogP contribution in [0.5, 0.6) is 0 Å². The minimum absolute atomic E-state index is 0.00234. The average molecular weight is 483 g/mol. The second kappa shape index (κ2) is 10.2. The van der Waals surface area contributed by atoms with E-state index in [1.807, 2.05) is 78.6 Å². The normalized spacial score (nSPS) is 13.8. The lowest BCUT2D eigenvalue weighted by Gasteiger charge is -2.36. The lowest BCUT2D eigenvalue weighted by molar-refractivity contribution is -0.131. The number of carbonyl (C=O) groups is 1. The van der Waals surface area contributed by atoms with Gasteiger partial charge in [-0.05, 0) is 36.8 Å². The fourth-order valence-corrected chi connectivity index (χ4v) is 4.84. The first-order valence-electron chi connectivity index (χ1n) is 12.4. The molecule has 0 aliphatic carbocycles. The third-order valence-corrected chi connectivity index (χ3v) is 6.90. The van der Waals surface area contributed by atoms with Crippen LogP contribution < -0.4 is 16.0 Å². The lowest BCUT2D eigenvalue weighted by atomic mass is 10.1. The molecule has 7 nitrogen and oxygen atoms in total. The zero-order chi connectivity index (χ0) is 25.1. The van der Waals surface area contributed by atoms with E-state index in [0.717, 1.165) is 29.9 Å². The molecule has 5 rings (SSSR count). The largest absolute Gasteiger partial charge is 0.368 e. The molecule has 0 saturated carbocycles. The van der Waals surface area contributed by atoms with E-state index in [9.17, 15) is 14.4 Å². The molecule has 184 valence electrons.